The van der Waals surface area contributed by atoms with Crippen LogP contribution in [0.25, 0.3) is 0 Å². The number of carbonyl (C=O) groups is 4. The van der Waals surface area contributed by atoms with Gasteiger partial charge in [0.05, 0.1) is 0 Å². The Morgan fingerprint density at radius 1 is 0.514 bits per heavy atom. The maximum atomic E-state index is 10.8. The lowest BCUT2D eigenvalue weighted by Gasteiger charge is -2.33. The van der Waals surface area contributed by atoms with Crippen molar-refractivity contribution in [2.24, 2.45) is 0 Å². The molecule has 0 aliphatic heterocycles. The summed E-state index contributed by atoms with van der Waals surface area (Å²) in [6.07, 6.45) is 21.6. The zero-order chi connectivity index (χ0) is 25.4. The first-order chi connectivity index (χ1) is 17.2. The highest BCUT2D eigenvalue weighted by Crippen LogP contribution is 2.45. The first-order valence-corrected chi connectivity index (χ1v) is 17.0. The summed E-state index contributed by atoms with van der Waals surface area (Å²) in [5, 5.41) is 0. The molecule has 0 unspecified atom stereocenters. The van der Waals surface area contributed by atoms with Crippen LogP contribution in [-0.4, -0.2) is 62.4 Å². The van der Waals surface area contributed by atoms with Crippen molar-refractivity contribution in [2.75, 3.05) is 42.1 Å². The van der Waals surface area contributed by atoms with Crippen LogP contribution in [0.4, 0.5) is 5.69 Å². The Balaban J connectivity index is 2.90. The molecule has 0 heterocycles. The molecule has 0 aliphatic carbocycles. The van der Waals surface area contributed by atoms with E-state index in [1.165, 1.54) is 30.3 Å². The molecule has 0 amide bonds. The summed E-state index contributed by atoms with van der Waals surface area (Å²) in [6, 6.07) is 10.7. The fraction of sp³-hybridized carbons (Fsp3) is 0.643. The van der Waals surface area contributed by atoms with Crippen LogP contribution >= 0.6 is 15.8 Å². The Hall–Kier alpha value is -1.44. The maximum absolute atomic E-state index is 10.8. The van der Waals surface area contributed by atoms with Crippen LogP contribution in [0.15, 0.2) is 30.3 Å². The van der Waals surface area contributed by atoms with Gasteiger partial charge >= 0.3 is 0 Å². The van der Waals surface area contributed by atoms with Crippen molar-refractivity contribution >= 4 is 46.7 Å². The third-order valence-electron chi connectivity index (χ3n) is 6.05. The van der Waals surface area contributed by atoms with Crippen molar-refractivity contribution in [3.05, 3.63) is 30.3 Å². The Kier molecular flexibility index (Phi) is 20.7. The fourth-order valence-corrected chi connectivity index (χ4v) is 9.43. The molecule has 0 radical (unpaired) electrons. The van der Waals surface area contributed by atoms with Gasteiger partial charge in [-0.15, -0.1) is 0 Å². The monoisotopic (exact) mass is 521 g/mol. The minimum atomic E-state index is -0.213. The first kappa shape index (κ1) is 31.6. The van der Waals surface area contributed by atoms with Gasteiger partial charge in [0.2, 0.25) is 0 Å². The summed E-state index contributed by atoms with van der Waals surface area (Å²) < 4.78 is 0. The highest BCUT2D eigenvalue weighted by Gasteiger charge is 2.18. The van der Waals surface area contributed by atoms with E-state index in [-0.39, 0.29) is 15.8 Å². The highest BCUT2D eigenvalue weighted by molar-refractivity contribution is 7.58. The fourth-order valence-electron chi connectivity index (χ4n) is 4.09. The zero-order valence-electron chi connectivity index (χ0n) is 21.4. The van der Waals surface area contributed by atoms with Crippen LogP contribution in [0.2, 0.25) is 0 Å². The molecule has 0 spiro atoms. The minimum absolute atomic E-state index is 0.213. The summed E-state index contributed by atoms with van der Waals surface area (Å²) >= 11 is 0. The largest absolute Gasteiger partial charge is 0.363 e. The average molecular weight is 522 g/mol. The van der Waals surface area contributed by atoms with E-state index in [0.717, 1.165) is 89.1 Å². The molecule has 1 aromatic carbocycles. The molecule has 0 aromatic heterocycles. The number of aldehydes is 4. The minimum Gasteiger partial charge on any atom is -0.363 e. The number of hydrogen-bond acceptors (Lipinski definition) is 5. The van der Waals surface area contributed by atoms with Crippen molar-refractivity contribution in [1.29, 1.82) is 0 Å². The molecule has 0 aliphatic rings. The van der Waals surface area contributed by atoms with E-state index < -0.39 is 0 Å². The van der Waals surface area contributed by atoms with Crippen molar-refractivity contribution in [1.82, 2.24) is 0 Å². The van der Waals surface area contributed by atoms with Crippen LogP contribution in [-0.2, 0) is 19.2 Å². The standard InChI is InChI=1S/C28H45NO4P2/c30-18-8-2-12-22-34(23-13-3-9-19-31)26-29(28-16-6-1-7-17-28)27-35(24-14-4-10-20-32)25-15-5-11-21-33/h1,6-7,16-21H,2-5,8-15,22-27H2. The van der Waals surface area contributed by atoms with Gasteiger partial charge in [-0.3, -0.25) is 0 Å². The molecule has 0 atom stereocenters. The molecular weight excluding hydrogens is 476 g/mol. The van der Waals surface area contributed by atoms with Crippen LogP contribution < -0.4 is 4.90 Å². The summed E-state index contributed by atoms with van der Waals surface area (Å²) in [5.74, 6) is 0. The molecular formula is C28H45NO4P2. The first-order valence-electron chi connectivity index (χ1n) is 13.2. The van der Waals surface area contributed by atoms with Gasteiger partial charge in [-0.05, 0) is 88.1 Å². The van der Waals surface area contributed by atoms with E-state index in [1.807, 2.05) is 0 Å². The Morgan fingerprint density at radius 3 is 1.17 bits per heavy atom. The van der Waals surface area contributed by atoms with E-state index in [1.54, 1.807) is 0 Å². The Morgan fingerprint density at radius 2 is 0.857 bits per heavy atom. The van der Waals surface area contributed by atoms with Crippen molar-refractivity contribution in [3.8, 4) is 0 Å². The summed E-state index contributed by atoms with van der Waals surface area (Å²) in [4.78, 5) is 45.6. The van der Waals surface area contributed by atoms with Crippen LogP contribution in [0.3, 0.4) is 0 Å². The van der Waals surface area contributed by atoms with Gasteiger partial charge in [0.15, 0.2) is 0 Å². The van der Waals surface area contributed by atoms with Crippen molar-refractivity contribution in [3.63, 3.8) is 0 Å². The number of nitrogens with zero attached hydrogens (tertiary/aromatic N) is 1. The average Bonchev–Trinajstić information content (AvgIpc) is 2.89. The van der Waals surface area contributed by atoms with Gasteiger partial charge in [0.1, 0.15) is 25.1 Å². The quantitative estimate of drug-likeness (QED) is 0.0800. The molecule has 196 valence electrons. The second kappa shape index (κ2) is 23.0. The van der Waals surface area contributed by atoms with Gasteiger partial charge in [-0.1, -0.05) is 34.0 Å². The molecule has 5 nitrogen and oxygen atoms in total. The van der Waals surface area contributed by atoms with E-state index in [9.17, 15) is 19.2 Å². The summed E-state index contributed by atoms with van der Waals surface area (Å²) in [5.41, 5.74) is 1.27. The number of hydrogen-bond donors (Lipinski definition) is 0. The Labute approximate surface area is 215 Å². The molecule has 0 N–H and O–H groups in total. The van der Waals surface area contributed by atoms with E-state index >= 15 is 0 Å². The number of anilines is 1. The lowest BCUT2D eigenvalue weighted by atomic mass is 10.3. The van der Waals surface area contributed by atoms with Gasteiger partial charge in [-0.2, -0.15) is 0 Å². The van der Waals surface area contributed by atoms with E-state index in [2.05, 4.69) is 35.2 Å². The van der Waals surface area contributed by atoms with Gasteiger partial charge in [-0.25, -0.2) is 0 Å². The lowest BCUT2D eigenvalue weighted by Crippen LogP contribution is -2.26. The number of unbranched alkanes of at least 4 members (excludes halogenated alkanes) is 8. The third kappa shape index (κ3) is 16.8. The number of rotatable bonds is 25. The zero-order valence-corrected chi connectivity index (χ0v) is 23.2. The molecule has 35 heavy (non-hydrogen) atoms. The maximum Gasteiger partial charge on any atom is 0.119 e. The SMILES string of the molecule is O=CCCCCP(CCCCC=O)CN(CP(CCCCC=O)CCCCC=O)c1ccccc1. The van der Waals surface area contributed by atoms with Crippen LogP contribution in [0.5, 0.6) is 0 Å². The van der Waals surface area contributed by atoms with Crippen molar-refractivity contribution in [2.45, 2.75) is 77.0 Å². The van der Waals surface area contributed by atoms with Crippen molar-refractivity contribution < 1.29 is 19.2 Å². The number of carbonyl (C=O) groups excluding carboxylic acids is 4. The summed E-state index contributed by atoms with van der Waals surface area (Å²) in [7, 11) is -0.426. The predicted octanol–water partition coefficient (Wildman–Crippen LogP) is 6.85. The molecule has 7 heteroatoms. The highest BCUT2D eigenvalue weighted by atomic mass is 31.1. The topological polar surface area (TPSA) is 71.5 Å². The van der Waals surface area contributed by atoms with E-state index in [0.29, 0.717) is 25.7 Å². The second-order valence-electron chi connectivity index (χ2n) is 9.04. The second-order valence-corrected chi connectivity index (χ2v) is 14.1. The predicted molar refractivity (Wildman–Crippen MR) is 152 cm³/mol. The molecule has 0 fully saturated rings. The molecule has 0 bridgehead atoms. The van der Waals surface area contributed by atoms with Gasteiger partial charge in [0.25, 0.3) is 0 Å². The molecule has 0 saturated heterocycles. The molecule has 0 saturated carbocycles. The van der Waals surface area contributed by atoms with Gasteiger partial charge < -0.3 is 24.1 Å². The summed E-state index contributed by atoms with van der Waals surface area (Å²) in [6.45, 7) is 0. The van der Waals surface area contributed by atoms with Gasteiger partial charge in [0, 0.05) is 43.9 Å². The van der Waals surface area contributed by atoms with E-state index in [4.69, 9.17) is 0 Å². The molecule has 1 rings (SSSR count). The normalized spacial score (nSPS) is 11.0. The molecule has 1 aromatic rings. The number of para-hydroxylation sites is 1. The Bertz CT molecular complexity index is 604. The smallest absolute Gasteiger partial charge is 0.119 e. The third-order valence-corrected chi connectivity index (χ3v) is 11.3. The lowest BCUT2D eigenvalue weighted by molar-refractivity contribution is -0.108. The van der Waals surface area contributed by atoms with Crippen LogP contribution in [0, 0.1) is 0 Å². The van der Waals surface area contributed by atoms with Crippen LogP contribution in [0.1, 0.15) is 77.0 Å². The number of benzene rings is 1.